The third-order valence-corrected chi connectivity index (χ3v) is 4.22. The molecule has 0 aromatic carbocycles. The van der Waals surface area contributed by atoms with Crippen LogP contribution < -0.4 is 0 Å². The third-order valence-electron chi connectivity index (χ3n) is 4.22. The molecule has 1 N–H and O–H groups in total. The first-order valence-corrected chi connectivity index (χ1v) is 6.56. The molecule has 15 heavy (non-hydrogen) atoms. The van der Waals surface area contributed by atoms with Crippen molar-refractivity contribution in [3.63, 3.8) is 0 Å². The Bertz CT molecular complexity index is 199. The second kappa shape index (κ2) is 4.84. The number of rotatable bonds is 4. The lowest BCUT2D eigenvalue weighted by molar-refractivity contribution is 0.0128. The van der Waals surface area contributed by atoms with E-state index >= 15 is 0 Å². The predicted molar refractivity (Wildman–Crippen MR) is 60.8 cm³/mol. The Labute approximate surface area is 93.0 Å². The maximum absolute atomic E-state index is 10.4. The van der Waals surface area contributed by atoms with Gasteiger partial charge in [0.2, 0.25) is 0 Å². The fraction of sp³-hybridized carbons (Fsp3) is 1.00. The number of hydrogen-bond donors (Lipinski definition) is 1. The van der Waals surface area contributed by atoms with Crippen LogP contribution in [-0.2, 0) is 4.74 Å². The minimum atomic E-state index is -0.355. The number of hydrogen-bond acceptors (Lipinski definition) is 2. The highest BCUT2D eigenvalue weighted by Gasteiger charge is 2.36. The molecule has 3 atom stereocenters. The van der Waals surface area contributed by atoms with E-state index in [9.17, 15) is 5.11 Å². The summed E-state index contributed by atoms with van der Waals surface area (Å²) >= 11 is 0. The normalized spacial score (nSPS) is 41.2. The van der Waals surface area contributed by atoms with E-state index < -0.39 is 0 Å². The molecule has 0 spiro atoms. The molecule has 1 heterocycles. The summed E-state index contributed by atoms with van der Waals surface area (Å²) in [5.74, 6) is 0.763. The molecule has 1 aliphatic carbocycles. The molecule has 0 bridgehead atoms. The lowest BCUT2D eigenvalue weighted by atomic mass is 9.92. The van der Waals surface area contributed by atoms with Gasteiger partial charge in [0.15, 0.2) is 0 Å². The molecular formula is C13H24O2. The van der Waals surface area contributed by atoms with Crippen molar-refractivity contribution in [2.75, 3.05) is 6.61 Å². The van der Waals surface area contributed by atoms with Crippen LogP contribution in [0.3, 0.4) is 0 Å². The van der Waals surface area contributed by atoms with Crippen LogP contribution in [0.1, 0.15) is 58.3 Å². The first kappa shape index (κ1) is 11.4. The Morgan fingerprint density at radius 1 is 1.40 bits per heavy atom. The summed E-state index contributed by atoms with van der Waals surface area (Å²) in [7, 11) is 0. The van der Waals surface area contributed by atoms with Gasteiger partial charge in [0.25, 0.3) is 0 Å². The Morgan fingerprint density at radius 2 is 2.27 bits per heavy atom. The van der Waals surface area contributed by atoms with Gasteiger partial charge in [-0.05, 0) is 50.9 Å². The average Bonchev–Trinajstić information content (AvgIpc) is 2.84. The monoisotopic (exact) mass is 212 g/mol. The predicted octanol–water partition coefficient (Wildman–Crippen LogP) is 2.89. The molecule has 0 radical (unpaired) electrons. The molecule has 2 nitrogen and oxygen atoms in total. The molecular weight excluding hydrogens is 188 g/mol. The standard InChI is InChI=1S/C13H24O2/c1-2-11-5-7-13(14,10-11)8-6-12-4-3-9-15-12/h11-12,14H,2-10H2,1H3. The summed E-state index contributed by atoms with van der Waals surface area (Å²) < 4.78 is 5.60. The Balaban J connectivity index is 1.73. The van der Waals surface area contributed by atoms with Crippen LogP contribution in [0.25, 0.3) is 0 Å². The molecule has 1 saturated carbocycles. The first-order valence-electron chi connectivity index (χ1n) is 6.56. The second-order valence-corrected chi connectivity index (χ2v) is 5.42. The Morgan fingerprint density at radius 3 is 2.87 bits per heavy atom. The molecule has 2 fully saturated rings. The van der Waals surface area contributed by atoms with Crippen molar-refractivity contribution in [3.05, 3.63) is 0 Å². The summed E-state index contributed by atoms with van der Waals surface area (Å²) in [6.07, 6.45) is 9.35. The molecule has 1 saturated heterocycles. The average molecular weight is 212 g/mol. The summed E-state index contributed by atoms with van der Waals surface area (Å²) in [6, 6.07) is 0. The highest BCUT2D eigenvalue weighted by Crippen LogP contribution is 2.39. The summed E-state index contributed by atoms with van der Waals surface area (Å²) in [5, 5.41) is 10.4. The zero-order valence-corrected chi connectivity index (χ0v) is 9.87. The lowest BCUT2D eigenvalue weighted by Crippen LogP contribution is -2.26. The van der Waals surface area contributed by atoms with E-state index in [4.69, 9.17) is 4.74 Å². The molecule has 88 valence electrons. The van der Waals surface area contributed by atoms with Crippen molar-refractivity contribution < 1.29 is 9.84 Å². The fourth-order valence-corrected chi connectivity index (χ4v) is 3.09. The topological polar surface area (TPSA) is 29.5 Å². The Hall–Kier alpha value is -0.0800. The van der Waals surface area contributed by atoms with Gasteiger partial charge in [-0.15, -0.1) is 0 Å². The molecule has 2 aliphatic rings. The van der Waals surface area contributed by atoms with Crippen LogP contribution >= 0.6 is 0 Å². The smallest absolute Gasteiger partial charge is 0.0651 e. The summed E-state index contributed by atoms with van der Waals surface area (Å²) in [6.45, 7) is 3.16. The molecule has 0 amide bonds. The minimum absolute atomic E-state index is 0.355. The maximum Gasteiger partial charge on any atom is 0.0651 e. The highest BCUT2D eigenvalue weighted by atomic mass is 16.5. The van der Waals surface area contributed by atoms with Gasteiger partial charge in [-0.2, -0.15) is 0 Å². The van der Waals surface area contributed by atoms with Gasteiger partial charge in [-0.1, -0.05) is 13.3 Å². The largest absolute Gasteiger partial charge is 0.390 e. The van der Waals surface area contributed by atoms with E-state index in [-0.39, 0.29) is 5.60 Å². The van der Waals surface area contributed by atoms with E-state index in [2.05, 4.69) is 6.92 Å². The first-order chi connectivity index (χ1) is 7.22. The van der Waals surface area contributed by atoms with E-state index in [1.54, 1.807) is 0 Å². The highest BCUT2D eigenvalue weighted by molar-refractivity contribution is 4.89. The van der Waals surface area contributed by atoms with Crippen LogP contribution in [0.15, 0.2) is 0 Å². The lowest BCUT2D eigenvalue weighted by Gasteiger charge is -2.24. The van der Waals surface area contributed by atoms with Crippen molar-refractivity contribution in [3.8, 4) is 0 Å². The van der Waals surface area contributed by atoms with Gasteiger partial charge >= 0.3 is 0 Å². The molecule has 1 aliphatic heterocycles. The number of ether oxygens (including phenoxy) is 1. The van der Waals surface area contributed by atoms with Gasteiger partial charge in [-0.3, -0.25) is 0 Å². The van der Waals surface area contributed by atoms with Crippen molar-refractivity contribution in [1.82, 2.24) is 0 Å². The Kier molecular flexibility index (Phi) is 3.68. The van der Waals surface area contributed by atoms with Crippen LogP contribution in [0.2, 0.25) is 0 Å². The zero-order valence-electron chi connectivity index (χ0n) is 9.87. The minimum Gasteiger partial charge on any atom is -0.390 e. The quantitative estimate of drug-likeness (QED) is 0.776. The van der Waals surface area contributed by atoms with Gasteiger partial charge < -0.3 is 9.84 Å². The SMILES string of the molecule is CCC1CCC(O)(CCC2CCCO2)C1. The van der Waals surface area contributed by atoms with E-state index in [1.807, 2.05) is 0 Å². The molecule has 3 unspecified atom stereocenters. The van der Waals surface area contributed by atoms with E-state index in [0.717, 1.165) is 38.2 Å². The van der Waals surface area contributed by atoms with Crippen LogP contribution in [0.4, 0.5) is 0 Å². The molecule has 0 aromatic rings. The zero-order chi connectivity index (χ0) is 10.7. The maximum atomic E-state index is 10.4. The van der Waals surface area contributed by atoms with Gasteiger partial charge in [-0.25, -0.2) is 0 Å². The van der Waals surface area contributed by atoms with E-state index in [1.165, 1.54) is 25.7 Å². The molecule has 0 aromatic heterocycles. The van der Waals surface area contributed by atoms with Crippen molar-refractivity contribution in [2.24, 2.45) is 5.92 Å². The number of aliphatic hydroxyl groups is 1. The second-order valence-electron chi connectivity index (χ2n) is 5.42. The molecule has 2 rings (SSSR count). The van der Waals surface area contributed by atoms with Crippen molar-refractivity contribution in [1.29, 1.82) is 0 Å². The van der Waals surface area contributed by atoms with Gasteiger partial charge in [0, 0.05) is 6.61 Å². The van der Waals surface area contributed by atoms with E-state index in [0.29, 0.717) is 6.10 Å². The van der Waals surface area contributed by atoms with Crippen LogP contribution in [0, 0.1) is 5.92 Å². The summed E-state index contributed by atoms with van der Waals surface area (Å²) in [4.78, 5) is 0. The third kappa shape index (κ3) is 2.94. The fourth-order valence-electron chi connectivity index (χ4n) is 3.09. The van der Waals surface area contributed by atoms with Gasteiger partial charge in [0.05, 0.1) is 11.7 Å². The molecule has 2 heteroatoms. The van der Waals surface area contributed by atoms with Crippen molar-refractivity contribution in [2.45, 2.75) is 70.0 Å². The summed E-state index contributed by atoms with van der Waals surface area (Å²) in [5.41, 5.74) is -0.355. The van der Waals surface area contributed by atoms with Crippen LogP contribution in [0.5, 0.6) is 0 Å². The van der Waals surface area contributed by atoms with Crippen LogP contribution in [-0.4, -0.2) is 23.4 Å². The van der Waals surface area contributed by atoms with Crippen molar-refractivity contribution >= 4 is 0 Å². The van der Waals surface area contributed by atoms with Gasteiger partial charge in [0.1, 0.15) is 0 Å².